The third-order valence-electron chi connectivity index (χ3n) is 5.32. The summed E-state index contributed by atoms with van der Waals surface area (Å²) in [7, 11) is 5.97. The van der Waals surface area contributed by atoms with Gasteiger partial charge in [-0.3, -0.25) is 14.8 Å². The van der Waals surface area contributed by atoms with Crippen LogP contribution in [0.15, 0.2) is 4.99 Å². The Morgan fingerprint density at radius 1 is 1.12 bits per heavy atom. The SMILES string of the molecule is CN=C(NCC1CN(C)CCN1C)N1CCN(C(C)C(F)(F)F)CC1. The number of rotatable bonds is 3. The Hall–Kier alpha value is -1.06. The van der Waals surface area contributed by atoms with Crippen molar-refractivity contribution in [1.29, 1.82) is 0 Å². The van der Waals surface area contributed by atoms with Crippen LogP contribution < -0.4 is 5.32 Å². The molecule has 0 aliphatic carbocycles. The van der Waals surface area contributed by atoms with Crippen molar-refractivity contribution < 1.29 is 13.2 Å². The molecule has 2 rings (SSSR count). The van der Waals surface area contributed by atoms with Crippen LogP contribution >= 0.6 is 0 Å². The van der Waals surface area contributed by atoms with Crippen LogP contribution in [-0.2, 0) is 0 Å². The molecule has 0 amide bonds. The van der Waals surface area contributed by atoms with Crippen molar-refractivity contribution >= 4 is 5.96 Å². The maximum Gasteiger partial charge on any atom is 0.403 e. The predicted molar refractivity (Wildman–Crippen MR) is 93.9 cm³/mol. The van der Waals surface area contributed by atoms with Crippen molar-refractivity contribution in [3.63, 3.8) is 0 Å². The minimum absolute atomic E-state index is 0.396. The van der Waals surface area contributed by atoms with E-state index in [9.17, 15) is 13.2 Å². The van der Waals surface area contributed by atoms with Crippen LogP contribution in [0.3, 0.4) is 0 Å². The summed E-state index contributed by atoms with van der Waals surface area (Å²) in [4.78, 5) is 12.5. The molecule has 0 aromatic carbocycles. The quantitative estimate of drug-likeness (QED) is 0.579. The molecule has 25 heavy (non-hydrogen) atoms. The molecule has 0 radical (unpaired) electrons. The average Bonchev–Trinajstić information content (AvgIpc) is 2.57. The van der Waals surface area contributed by atoms with Gasteiger partial charge in [-0.2, -0.15) is 13.2 Å². The molecule has 146 valence electrons. The fraction of sp³-hybridized carbons (Fsp3) is 0.938. The molecule has 2 aliphatic rings. The van der Waals surface area contributed by atoms with Crippen LogP contribution in [0.5, 0.6) is 0 Å². The first-order valence-electron chi connectivity index (χ1n) is 8.87. The number of nitrogens with zero attached hydrogens (tertiary/aromatic N) is 5. The van der Waals surface area contributed by atoms with Gasteiger partial charge in [0.2, 0.25) is 0 Å². The second-order valence-electron chi connectivity index (χ2n) is 7.07. The van der Waals surface area contributed by atoms with Gasteiger partial charge in [0.1, 0.15) is 6.04 Å². The van der Waals surface area contributed by atoms with Gasteiger partial charge in [0.15, 0.2) is 5.96 Å². The van der Waals surface area contributed by atoms with Crippen molar-refractivity contribution in [2.45, 2.75) is 25.2 Å². The van der Waals surface area contributed by atoms with Crippen LogP contribution in [0.4, 0.5) is 13.2 Å². The number of hydrogen-bond donors (Lipinski definition) is 1. The molecule has 2 saturated heterocycles. The van der Waals surface area contributed by atoms with Crippen LogP contribution in [0.25, 0.3) is 0 Å². The Kier molecular flexibility index (Phi) is 6.93. The van der Waals surface area contributed by atoms with Gasteiger partial charge >= 0.3 is 6.18 Å². The van der Waals surface area contributed by atoms with E-state index in [-0.39, 0.29) is 0 Å². The highest BCUT2D eigenvalue weighted by Crippen LogP contribution is 2.25. The lowest BCUT2D eigenvalue weighted by atomic mass is 10.2. The fourth-order valence-electron chi connectivity index (χ4n) is 3.39. The molecule has 2 atom stereocenters. The van der Waals surface area contributed by atoms with E-state index in [1.807, 2.05) is 4.90 Å². The molecular weight excluding hydrogens is 333 g/mol. The normalized spacial score (nSPS) is 26.8. The molecule has 0 aromatic rings. The molecule has 6 nitrogen and oxygen atoms in total. The molecule has 2 fully saturated rings. The van der Waals surface area contributed by atoms with E-state index in [4.69, 9.17) is 0 Å². The fourth-order valence-corrected chi connectivity index (χ4v) is 3.39. The lowest BCUT2D eigenvalue weighted by Crippen LogP contribution is -2.59. The van der Waals surface area contributed by atoms with Gasteiger partial charge in [0.05, 0.1) is 0 Å². The van der Waals surface area contributed by atoms with Gasteiger partial charge in [-0.05, 0) is 21.0 Å². The number of guanidine groups is 1. The molecule has 0 saturated carbocycles. The lowest BCUT2D eigenvalue weighted by Gasteiger charge is -2.41. The minimum Gasteiger partial charge on any atom is -0.355 e. The minimum atomic E-state index is -4.17. The molecular formula is C16H31F3N6. The molecule has 0 bridgehead atoms. The summed E-state index contributed by atoms with van der Waals surface area (Å²) in [5, 5.41) is 3.40. The molecule has 0 spiro atoms. The van der Waals surface area contributed by atoms with E-state index >= 15 is 0 Å². The van der Waals surface area contributed by atoms with Crippen LogP contribution in [0, 0.1) is 0 Å². The van der Waals surface area contributed by atoms with Crippen molar-refractivity contribution in [1.82, 2.24) is 24.9 Å². The van der Waals surface area contributed by atoms with Crippen molar-refractivity contribution in [2.75, 3.05) is 73.5 Å². The zero-order chi connectivity index (χ0) is 18.6. The molecule has 2 aliphatic heterocycles. The highest BCUT2D eigenvalue weighted by molar-refractivity contribution is 5.80. The maximum atomic E-state index is 12.9. The van der Waals surface area contributed by atoms with Gasteiger partial charge in [0, 0.05) is 65.4 Å². The van der Waals surface area contributed by atoms with E-state index in [0.29, 0.717) is 32.2 Å². The van der Waals surface area contributed by atoms with Gasteiger partial charge in [-0.15, -0.1) is 0 Å². The highest BCUT2D eigenvalue weighted by Gasteiger charge is 2.41. The Morgan fingerprint density at radius 3 is 2.32 bits per heavy atom. The Balaban J connectivity index is 1.82. The smallest absolute Gasteiger partial charge is 0.355 e. The molecule has 0 aromatic heterocycles. The van der Waals surface area contributed by atoms with E-state index in [2.05, 4.69) is 34.2 Å². The lowest BCUT2D eigenvalue weighted by molar-refractivity contribution is -0.181. The number of hydrogen-bond acceptors (Lipinski definition) is 4. The second kappa shape index (κ2) is 8.55. The zero-order valence-corrected chi connectivity index (χ0v) is 15.7. The summed E-state index contributed by atoms with van der Waals surface area (Å²) in [6.45, 7) is 7.03. The molecule has 1 N–H and O–H groups in total. The Bertz CT molecular complexity index is 448. The predicted octanol–water partition coefficient (Wildman–Crippen LogP) is 0.376. The number of aliphatic imine (C=N–C) groups is 1. The maximum absolute atomic E-state index is 12.9. The molecule has 9 heteroatoms. The highest BCUT2D eigenvalue weighted by atomic mass is 19.4. The summed E-state index contributed by atoms with van der Waals surface area (Å²) < 4.78 is 38.6. The van der Waals surface area contributed by atoms with Gasteiger partial charge in [-0.1, -0.05) is 0 Å². The van der Waals surface area contributed by atoms with Gasteiger partial charge in [0.25, 0.3) is 0 Å². The van der Waals surface area contributed by atoms with E-state index in [1.165, 1.54) is 11.8 Å². The summed E-state index contributed by atoms with van der Waals surface area (Å²) in [6.07, 6.45) is -4.17. The number of halogens is 3. The third kappa shape index (κ3) is 5.46. The number of likely N-dealkylation sites (N-methyl/N-ethyl adjacent to an activating group) is 2. The van der Waals surface area contributed by atoms with E-state index in [0.717, 1.165) is 32.1 Å². The second-order valence-corrected chi connectivity index (χ2v) is 7.07. The summed E-state index contributed by atoms with van der Waals surface area (Å²) in [6, 6.07) is -0.988. The van der Waals surface area contributed by atoms with E-state index < -0.39 is 12.2 Å². The standard InChI is InChI=1S/C16H31F3N6/c1-13(16(17,18)19)24-7-9-25(10-8-24)15(20-2)21-11-14-12-22(3)5-6-23(14)4/h13-14H,5-12H2,1-4H3,(H,20,21). The van der Waals surface area contributed by atoms with Crippen LogP contribution in [0.2, 0.25) is 0 Å². The summed E-state index contributed by atoms with van der Waals surface area (Å²) in [5.41, 5.74) is 0. The number of piperazine rings is 2. The van der Waals surface area contributed by atoms with Crippen LogP contribution in [-0.4, -0.2) is 117 Å². The van der Waals surface area contributed by atoms with Crippen molar-refractivity contribution in [2.24, 2.45) is 4.99 Å². The van der Waals surface area contributed by atoms with Crippen LogP contribution in [0.1, 0.15) is 6.92 Å². The first kappa shape index (κ1) is 20.3. The Labute approximate surface area is 148 Å². The summed E-state index contributed by atoms with van der Waals surface area (Å²) >= 11 is 0. The third-order valence-corrected chi connectivity index (χ3v) is 5.32. The number of nitrogens with one attached hydrogen (secondary N) is 1. The van der Waals surface area contributed by atoms with Crippen molar-refractivity contribution in [3.8, 4) is 0 Å². The van der Waals surface area contributed by atoms with Crippen molar-refractivity contribution in [3.05, 3.63) is 0 Å². The monoisotopic (exact) mass is 364 g/mol. The molecule has 2 unspecified atom stereocenters. The summed E-state index contributed by atoms with van der Waals surface area (Å²) in [5.74, 6) is 0.779. The first-order valence-corrected chi connectivity index (χ1v) is 8.87. The largest absolute Gasteiger partial charge is 0.403 e. The average molecular weight is 364 g/mol. The first-order chi connectivity index (χ1) is 11.7. The molecule has 2 heterocycles. The zero-order valence-electron chi connectivity index (χ0n) is 15.7. The van der Waals surface area contributed by atoms with Gasteiger partial charge in [-0.25, -0.2) is 0 Å². The van der Waals surface area contributed by atoms with E-state index in [1.54, 1.807) is 7.05 Å². The topological polar surface area (TPSA) is 37.4 Å². The Morgan fingerprint density at radius 2 is 1.76 bits per heavy atom. The van der Waals surface area contributed by atoms with Gasteiger partial charge < -0.3 is 15.1 Å². The number of alkyl halides is 3.